The number of fused-ring (bicyclic) bond motifs is 1. The summed E-state index contributed by atoms with van der Waals surface area (Å²) < 4.78 is 37.7. The molecule has 3 nitrogen and oxygen atoms in total. The third-order valence-corrected chi connectivity index (χ3v) is 4.04. The maximum Gasteiger partial charge on any atom is 0.170 e. The lowest BCUT2D eigenvalue weighted by Gasteiger charge is -2.20. The Bertz CT molecular complexity index is 774. The topological polar surface area (TPSA) is 21.7 Å². The van der Waals surface area contributed by atoms with E-state index in [2.05, 4.69) is 6.58 Å². The summed E-state index contributed by atoms with van der Waals surface area (Å²) in [5.74, 6) is 0.110. The van der Waals surface area contributed by atoms with Crippen molar-refractivity contribution in [2.45, 2.75) is 13.1 Å². The molecule has 0 fully saturated rings. The molecule has 3 rings (SSSR count). The Morgan fingerprint density at radius 3 is 2.57 bits per heavy atom. The molecule has 0 aliphatic carbocycles. The van der Waals surface area contributed by atoms with Crippen LogP contribution >= 0.6 is 0 Å². The van der Waals surface area contributed by atoms with Crippen LogP contribution in [0.15, 0.2) is 36.9 Å². The van der Waals surface area contributed by atoms with Gasteiger partial charge in [0.25, 0.3) is 0 Å². The van der Waals surface area contributed by atoms with E-state index < -0.39 is 11.6 Å². The average molecular weight is 317 g/mol. The average Bonchev–Trinajstić information content (AvgIpc) is 2.85. The summed E-state index contributed by atoms with van der Waals surface area (Å²) >= 11 is 0. The van der Waals surface area contributed by atoms with Gasteiger partial charge in [0, 0.05) is 36.0 Å². The van der Waals surface area contributed by atoms with Gasteiger partial charge in [-0.25, -0.2) is 8.78 Å². The normalized spacial score (nSPS) is 13.2. The molecule has 1 aliphatic heterocycles. The van der Waals surface area contributed by atoms with E-state index in [1.54, 1.807) is 14.2 Å². The number of hydrogen-bond donors (Lipinski definition) is 0. The lowest BCUT2D eigenvalue weighted by atomic mass is 10.1. The Morgan fingerprint density at radius 2 is 1.91 bits per heavy atom. The summed E-state index contributed by atoms with van der Waals surface area (Å²) in [6.45, 7) is 5.00. The molecule has 23 heavy (non-hydrogen) atoms. The molecule has 1 heterocycles. The second kappa shape index (κ2) is 5.91. The zero-order valence-corrected chi connectivity index (χ0v) is 13.0. The van der Waals surface area contributed by atoms with Crippen LogP contribution in [0.1, 0.15) is 16.7 Å². The second-order valence-electron chi connectivity index (χ2n) is 5.37. The van der Waals surface area contributed by atoms with Crippen LogP contribution in [0.4, 0.5) is 8.78 Å². The Balaban J connectivity index is 1.92. The molecule has 0 aromatic heterocycles. The summed E-state index contributed by atoms with van der Waals surface area (Å²) in [5, 5.41) is 0. The molecule has 0 saturated carbocycles. The maximum absolute atomic E-state index is 13.9. The van der Waals surface area contributed by atoms with E-state index in [0.29, 0.717) is 30.2 Å². The molecule has 0 amide bonds. The minimum absolute atomic E-state index is 0.311. The van der Waals surface area contributed by atoms with Crippen LogP contribution < -0.4 is 9.47 Å². The van der Waals surface area contributed by atoms with Crippen LogP contribution in [0.2, 0.25) is 0 Å². The monoisotopic (exact) mass is 317 g/mol. The van der Waals surface area contributed by atoms with Crippen LogP contribution in [0.5, 0.6) is 11.5 Å². The minimum Gasteiger partial charge on any atom is -0.493 e. The van der Waals surface area contributed by atoms with Gasteiger partial charge in [-0.2, -0.15) is 0 Å². The number of ether oxygens (including phenoxy) is 2. The van der Waals surface area contributed by atoms with Crippen molar-refractivity contribution in [3.05, 3.63) is 65.2 Å². The fourth-order valence-electron chi connectivity index (χ4n) is 2.88. The van der Waals surface area contributed by atoms with E-state index in [9.17, 15) is 8.78 Å². The van der Waals surface area contributed by atoms with Gasteiger partial charge in [0.1, 0.15) is 11.6 Å². The molecule has 120 valence electrons. The standard InChI is InChI=1S/C18H17F2NO2/c1-11-17-13(5-7-16(22-2)18(17)23-3)10-21(11)9-12-4-6-14(19)8-15(12)20/h4-8H,1,9-10H2,2-3H3. The summed E-state index contributed by atoms with van der Waals surface area (Å²) in [6.07, 6.45) is 0. The summed E-state index contributed by atoms with van der Waals surface area (Å²) in [7, 11) is 3.15. The minimum atomic E-state index is -0.582. The van der Waals surface area contributed by atoms with E-state index in [1.807, 2.05) is 17.0 Å². The molecule has 0 N–H and O–H groups in total. The first-order valence-corrected chi connectivity index (χ1v) is 7.17. The van der Waals surface area contributed by atoms with E-state index in [1.165, 1.54) is 12.1 Å². The molecule has 1 aliphatic rings. The van der Waals surface area contributed by atoms with Gasteiger partial charge in [0.2, 0.25) is 0 Å². The SMILES string of the molecule is C=C1c2c(ccc(OC)c2OC)CN1Cc1ccc(F)cc1F. The number of hydrogen-bond acceptors (Lipinski definition) is 3. The van der Waals surface area contributed by atoms with Gasteiger partial charge < -0.3 is 14.4 Å². The van der Waals surface area contributed by atoms with Gasteiger partial charge in [-0.05, 0) is 17.7 Å². The Morgan fingerprint density at radius 1 is 1.13 bits per heavy atom. The van der Waals surface area contributed by atoms with Gasteiger partial charge in [0.05, 0.1) is 14.2 Å². The van der Waals surface area contributed by atoms with Gasteiger partial charge in [-0.15, -0.1) is 0 Å². The van der Waals surface area contributed by atoms with Gasteiger partial charge >= 0.3 is 0 Å². The Hall–Kier alpha value is -2.56. The van der Waals surface area contributed by atoms with E-state index >= 15 is 0 Å². The van der Waals surface area contributed by atoms with Crippen molar-refractivity contribution in [2.75, 3.05) is 14.2 Å². The van der Waals surface area contributed by atoms with Crippen molar-refractivity contribution in [3.8, 4) is 11.5 Å². The molecule has 0 unspecified atom stereocenters. The largest absolute Gasteiger partial charge is 0.493 e. The van der Waals surface area contributed by atoms with Crippen LogP contribution in [-0.4, -0.2) is 19.1 Å². The summed E-state index contributed by atoms with van der Waals surface area (Å²) in [4.78, 5) is 1.93. The second-order valence-corrected chi connectivity index (χ2v) is 5.37. The fraction of sp³-hybridized carbons (Fsp3) is 0.222. The first kappa shape index (κ1) is 15.3. The highest BCUT2D eigenvalue weighted by Crippen LogP contribution is 2.43. The van der Waals surface area contributed by atoms with Crippen LogP contribution in [-0.2, 0) is 13.1 Å². The van der Waals surface area contributed by atoms with E-state index in [4.69, 9.17) is 9.47 Å². The van der Waals surface area contributed by atoms with Crippen LogP contribution in [0.25, 0.3) is 5.70 Å². The Kier molecular flexibility index (Phi) is 3.94. The number of nitrogens with zero attached hydrogens (tertiary/aromatic N) is 1. The number of rotatable bonds is 4. The highest BCUT2D eigenvalue weighted by molar-refractivity contribution is 5.76. The first-order valence-electron chi connectivity index (χ1n) is 7.17. The lowest BCUT2D eigenvalue weighted by Crippen LogP contribution is -2.15. The van der Waals surface area contributed by atoms with Gasteiger partial charge in [-0.1, -0.05) is 18.7 Å². The molecular weight excluding hydrogens is 300 g/mol. The zero-order chi connectivity index (χ0) is 16.6. The first-order chi connectivity index (χ1) is 11.0. The molecule has 2 aromatic carbocycles. The van der Waals surface area contributed by atoms with Gasteiger partial charge in [0.15, 0.2) is 11.5 Å². The van der Waals surface area contributed by atoms with Crippen LogP contribution in [0, 0.1) is 11.6 Å². The van der Waals surface area contributed by atoms with E-state index in [-0.39, 0.29) is 0 Å². The maximum atomic E-state index is 13.9. The third kappa shape index (κ3) is 2.63. The molecule has 0 spiro atoms. The van der Waals surface area contributed by atoms with E-state index in [0.717, 1.165) is 22.9 Å². The van der Waals surface area contributed by atoms with Crippen molar-refractivity contribution < 1.29 is 18.3 Å². The lowest BCUT2D eigenvalue weighted by molar-refractivity contribution is 0.353. The fourth-order valence-corrected chi connectivity index (χ4v) is 2.88. The third-order valence-electron chi connectivity index (χ3n) is 4.04. The molecule has 2 aromatic rings. The molecule has 0 atom stereocenters. The van der Waals surface area contributed by atoms with Crippen molar-refractivity contribution in [3.63, 3.8) is 0 Å². The molecule has 0 saturated heterocycles. The van der Waals surface area contributed by atoms with Crippen molar-refractivity contribution in [1.82, 2.24) is 4.90 Å². The molecular formula is C18H17F2NO2. The molecule has 5 heteroatoms. The summed E-state index contributed by atoms with van der Waals surface area (Å²) in [5.41, 5.74) is 3.07. The number of benzene rings is 2. The Labute approximate surface area is 133 Å². The summed E-state index contributed by atoms with van der Waals surface area (Å²) in [6, 6.07) is 7.40. The van der Waals surface area contributed by atoms with Crippen LogP contribution in [0.3, 0.4) is 0 Å². The highest BCUT2D eigenvalue weighted by Gasteiger charge is 2.28. The zero-order valence-electron chi connectivity index (χ0n) is 13.0. The highest BCUT2D eigenvalue weighted by atomic mass is 19.1. The van der Waals surface area contributed by atoms with Crippen molar-refractivity contribution in [2.24, 2.45) is 0 Å². The molecule has 0 radical (unpaired) electrons. The number of halogens is 2. The molecule has 0 bridgehead atoms. The van der Waals surface area contributed by atoms with Crippen molar-refractivity contribution >= 4 is 5.70 Å². The quantitative estimate of drug-likeness (QED) is 0.852. The predicted molar refractivity (Wildman–Crippen MR) is 84.2 cm³/mol. The predicted octanol–water partition coefficient (Wildman–Crippen LogP) is 3.97. The van der Waals surface area contributed by atoms with Gasteiger partial charge in [-0.3, -0.25) is 0 Å². The number of methoxy groups -OCH3 is 2. The van der Waals surface area contributed by atoms with Crippen molar-refractivity contribution in [1.29, 1.82) is 0 Å². The smallest absolute Gasteiger partial charge is 0.170 e.